The molecular weight excluding hydrogens is 218 g/mol. The molecule has 3 N–H and O–H groups in total. The second-order valence-electron chi connectivity index (χ2n) is 3.54. The Labute approximate surface area is 100 Å². The lowest BCUT2D eigenvalue weighted by Crippen LogP contribution is -2.20. The van der Waals surface area contributed by atoms with Crippen LogP contribution in [0.25, 0.3) is 0 Å². The highest BCUT2D eigenvalue weighted by atomic mass is 16.3. The summed E-state index contributed by atoms with van der Waals surface area (Å²) >= 11 is 0. The fourth-order valence-electron chi connectivity index (χ4n) is 1.26. The van der Waals surface area contributed by atoms with E-state index in [4.69, 9.17) is 5.11 Å². The Morgan fingerprint density at radius 2 is 2.24 bits per heavy atom. The highest BCUT2D eigenvalue weighted by Crippen LogP contribution is 2.17. The van der Waals surface area contributed by atoms with Crippen molar-refractivity contribution < 1.29 is 15.0 Å². The normalized spacial score (nSPS) is 9.29. The van der Waals surface area contributed by atoms with Gasteiger partial charge in [-0.2, -0.15) is 0 Å². The van der Waals surface area contributed by atoms with E-state index in [0.717, 1.165) is 5.56 Å². The van der Waals surface area contributed by atoms with E-state index in [9.17, 15) is 9.90 Å². The van der Waals surface area contributed by atoms with Crippen LogP contribution in [0.15, 0.2) is 18.2 Å². The monoisotopic (exact) mass is 233 g/mol. The van der Waals surface area contributed by atoms with Crippen LogP contribution in [0.2, 0.25) is 0 Å². The molecule has 0 atom stereocenters. The van der Waals surface area contributed by atoms with E-state index in [2.05, 4.69) is 17.2 Å². The average molecular weight is 233 g/mol. The van der Waals surface area contributed by atoms with E-state index in [1.165, 1.54) is 13.0 Å². The Morgan fingerprint density at radius 3 is 2.88 bits per heavy atom. The summed E-state index contributed by atoms with van der Waals surface area (Å²) in [5.74, 6) is 5.79. The minimum absolute atomic E-state index is 0.0660. The Hall–Kier alpha value is -1.99. The molecule has 4 nitrogen and oxygen atoms in total. The molecule has 1 rings (SSSR count). The minimum Gasteiger partial charge on any atom is -0.508 e. The van der Waals surface area contributed by atoms with Gasteiger partial charge in [0, 0.05) is 31.0 Å². The van der Waals surface area contributed by atoms with Gasteiger partial charge in [-0.1, -0.05) is 11.8 Å². The van der Waals surface area contributed by atoms with Gasteiger partial charge < -0.3 is 15.5 Å². The number of aromatic hydroxyl groups is 1. The number of aliphatic hydroxyl groups excluding tert-OH is 1. The van der Waals surface area contributed by atoms with Gasteiger partial charge in [0.1, 0.15) is 5.75 Å². The van der Waals surface area contributed by atoms with Crippen LogP contribution in [0, 0.1) is 11.8 Å². The van der Waals surface area contributed by atoms with Gasteiger partial charge in [-0.05, 0) is 18.2 Å². The first-order valence-electron chi connectivity index (χ1n) is 5.29. The van der Waals surface area contributed by atoms with Crippen molar-refractivity contribution in [3.8, 4) is 17.6 Å². The van der Waals surface area contributed by atoms with Gasteiger partial charge in [-0.15, -0.1) is 0 Å². The molecule has 0 saturated carbocycles. The molecule has 0 radical (unpaired) electrons. The highest BCUT2D eigenvalue weighted by molar-refractivity contribution is 5.72. The summed E-state index contributed by atoms with van der Waals surface area (Å²) in [6, 6.07) is 4.82. The first kappa shape index (κ1) is 13.1. The van der Waals surface area contributed by atoms with E-state index in [-0.39, 0.29) is 18.3 Å². The molecule has 0 unspecified atom stereocenters. The third-order valence-corrected chi connectivity index (χ3v) is 2.11. The standard InChI is InChI=1S/C13H15NO3/c1-10(16)14-7-3-2-4-11-5-6-13(17)12(8-11)9-15/h5-6,8,15,17H,3,7,9H2,1H3,(H,14,16). The first-order chi connectivity index (χ1) is 8.13. The van der Waals surface area contributed by atoms with Crippen molar-refractivity contribution in [3.05, 3.63) is 29.3 Å². The van der Waals surface area contributed by atoms with E-state index in [0.29, 0.717) is 18.5 Å². The third-order valence-electron chi connectivity index (χ3n) is 2.11. The van der Waals surface area contributed by atoms with Crippen molar-refractivity contribution in [1.82, 2.24) is 5.32 Å². The molecule has 0 aliphatic heterocycles. The van der Waals surface area contributed by atoms with Crippen molar-refractivity contribution in [2.45, 2.75) is 20.0 Å². The summed E-state index contributed by atoms with van der Waals surface area (Å²) in [7, 11) is 0. The topological polar surface area (TPSA) is 69.6 Å². The molecule has 1 aromatic carbocycles. The molecule has 0 fully saturated rings. The van der Waals surface area contributed by atoms with Crippen LogP contribution in [-0.2, 0) is 11.4 Å². The largest absolute Gasteiger partial charge is 0.508 e. The molecule has 1 aromatic rings. The van der Waals surface area contributed by atoms with Crippen LogP contribution in [0.5, 0.6) is 5.75 Å². The van der Waals surface area contributed by atoms with Crippen LogP contribution < -0.4 is 5.32 Å². The lowest BCUT2D eigenvalue weighted by molar-refractivity contribution is -0.118. The molecular formula is C13H15NO3. The van der Waals surface area contributed by atoms with Crippen molar-refractivity contribution in [1.29, 1.82) is 0 Å². The zero-order chi connectivity index (χ0) is 12.7. The van der Waals surface area contributed by atoms with Crippen LogP contribution in [-0.4, -0.2) is 22.7 Å². The van der Waals surface area contributed by atoms with Crippen molar-refractivity contribution in [3.63, 3.8) is 0 Å². The van der Waals surface area contributed by atoms with Gasteiger partial charge in [0.05, 0.1) is 6.61 Å². The summed E-state index contributed by atoms with van der Waals surface area (Å²) in [6.07, 6.45) is 0.564. The molecule has 4 heteroatoms. The Kier molecular flexibility index (Phi) is 5.05. The van der Waals surface area contributed by atoms with Gasteiger partial charge >= 0.3 is 0 Å². The fraction of sp³-hybridized carbons (Fsp3) is 0.308. The number of aliphatic hydroxyl groups is 1. The Morgan fingerprint density at radius 1 is 1.47 bits per heavy atom. The number of carbonyl (C=O) groups excluding carboxylic acids is 1. The summed E-state index contributed by atoms with van der Waals surface area (Å²) in [4.78, 5) is 10.6. The molecule has 1 amide bonds. The number of benzene rings is 1. The van der Waals surface area contributed by atoms with E-state index in [1.54, 1.807) is 12.1 Å². The van der Waals surface area contributed by atoms with Crippen LogP contribution in [0.3, 0.4) is 0 Å². The van der Waals surface area contributed by atoms with E-state index >= 15 is 0 Å². The van der Waals surface area contributed by atoms with Crippen LogP contribution in [0.4, 0.5) is 0 Å². The van der Waals surface area contributed by atoms with E-state index < -0.39 is 0 Å². The molecule has 17 heavy (non-hydrogen) atoms. The second kappa shape index (κ2) is 6.56. The fourth-order valence-corrected chi connectivity index (χ4v) is 1.26. The van der Waals surface area contributed by atoms with Gasteiger partial charge in [-0.25, -0.2) is 0 Å². The predicted molar refractivity (Wildman–Crippen MR) is 64.2 cm³/mol. The number of hydrogen-bond donors (Lipinski definition) is 3. The van der Waals surface area contributed by atoms with Gasteiger partial charge in [-0.3, -0.25) is 4.79 Å². The first-order valence-corrected chi connectivity index (χ1v) is 5.29. The van der Waals surface area contributed by atoms with Crippen LogP contribution >= 0.6 is 0 Å². The van der Waals surface area contributed by atoms with Crippen molar-refractivity contribution >= 4 is 5.91 Å². The molecule has 0 saturated heterocycles. The molecule has 0 aliphatic carbocycles. The zero-order valence-electron chi connectivity index (χ0n) is 9.66. The quantitative estimate of drug-likeness (QED) is 0.533. The highest BCUT2D eigenvalue weighted by Gasteiger charge is 1.99. The van der Waals surface area contributed by atoms with Crippen molar-refractivity contribution in [2.24, 2.45) is 0 Å². The van der Waals surface area contributed by atoms with Crippen LogP contribution in [0.1, 0.15) is 24.5 Å². The number of amides is 1. The summed E-state index contributed by atoms with van der Waals surface area (Å²) in [5, 5.41) is 20.9. The minimum atomic E-state index is -0.215. The number of hydrogen-bond acceptors (Lipinski definition) is 3. The number of phenols is 1. The Balaban J connectivity index is 2.57. The lowest BCUT2D eigenvalue weighted by Gasteiger charge is -2.00. The maximum absolute atomic E-state index is 10.6. The number of rotatable bonds is 3. The molecule has 0 heterocycles. The molecule has 0 bridgehead atoms. The second-order valence-corrected chi connectivity index (χ2v) is 3.54. The SMILES string of the molecule is CC(=O)NCCC#Cc1ccc(O)c(CO)c1. The molecule has 90 valence electrons. The van der Waals surface area contributed by atoms with Crippen molar-refractivity contribution in [2.75, 3.05) is 6.54 Å². The maximum Gasteiger partial charge on any atom is 0.216 e. The average Bonchev–Trinajstić information content (AvgIpc) is 2.30. The smallest absolute Gasteiger partial charge is 0.216 e. The summed E-state index contributed by atoms with van der Waals surface area (Å²) < 4.78 is 0. The van der Waals surface area contributed by atoms with Gasteiger partial charge in [0.2, 0.25) is 5.91 Å². The molecule has 0 aliphatic rings. The third kappa shape index (κ3) is 4.58. The van der Waals surface area contributed by atoms with Gasteiger partial charge in [0.25, 0.3) is 0 Å². The lowest BCUT2D eigenvalue weighted by atomic mass is 10.1. The maximum atomic E-state index is 10.6. The summed E-state index contributed by atoms with van der Waals surface area (Å²) in [5.41, 5.74) is 1.19. The zero-order valence-corrected chi connectivity index (χ0v) is 9.66. The number of carbonyl (C=O) groups is 1. The Bertz CT molecular complexity index is 457. The molecule has 0 spiro atoms. The number of nitrogens with one attached hydrogen (secondary N) is 1. The summed E-state index contributed by atoms with van der Waals surface area (Å²) in [6.45, 7) is 1.77. The molecule has 0 aromatic heterocycles. The van der Waals surface area contributed by atoms with Gasteiger partial charge in [0.15, 0.2) is 0 Å². The van der Waals surface area contributed by atoms with E-state index in [1.807, 2.05) is 0 Å². The predicted octanol–water partition coefficient (Wildman–Crippen LogP) is 0.762.